The summed E-state index contributed by atoms with van der Waals surface area (Å²) in [5.41, 5.74) is 2.81. The van der Waals surface area contributed by atoms with Crippen LogP contribution in [0.2, 0.25) is 0 Å². The maximum Gasteiger partial charge on any atom is 0.313 e. The fraction of sp³-hybridized carbons (Fsp3) is 0.440. The first-order valence-electron chi connectivity index (χ1n) is 11.8. The molecule has 0 radical (unpaired) electrons. The second kappa shape index (κ2) is 12.1. The highest BCUT2D eigenvalue weighted by Crippen LogP contribution is 2.18. The third kappa shape index (κ3) is 7.12. The molecule has 1 aliphatic heterocycles. The summed E-state index contributed by atoms with van der Waals surface area (Å²) in [6.07, 6.45) is 3.24. The fourth-order valence-corrected chi connectivity index (χ4v) is 5.21. The van der Waals surface area contributed by atoms with E-state index in [-0.39, 0.29) is 0 Å². The standard InChI is InChI=1S/C25H34N4O4S/c1-3-4-5-21-8-10-22(11-9-21)27-25(31)24(30)26-14-15-28-16-18-29(19-17-28)34(32,33)23-12-6-20(2)7-13-23/h6-13H,3-5,14-19H2,1-2H3,(H,26,30)(H,27,31). The molecule has 1 heterocycles. The lowest BCUT2D eigenvalue weighted by molar-refractivity contribution is -0.136. The van der Waals surface area contributed by atoms with E-state index in [2.05, 4.69) is 22.5 Å². The van der Waals surface area contributed by atoms with Crippen LogP contribution in [0.4, 0.5) is 5.69 Å². The Labute approximate surface area is 202 Å². The maximum absolute atomic E-state index is 12.8. The van der Waals surface area contributed by atoms with E-state index in [1.54, 1.807) is 36.4 Å². The van der Waals surface area contributed by atoms with Gasteiger partial charge in [-0.05, 0) is 49.6 Å². The molecule has 0 unspecified atom stereocenters. The van der Waals surface area contributed by atoms with Crippen molar-refractivity contribution in [1.29, 1.82) is 0 Å². The van der Waals surface area contributed by atoms with E-state index in [1.165, 1.54) is 9.87 Å². The van der Waals surface area contributed by atoms with Gasteiger partial charge in [0.25, 0.3) is 0 Å². The predicted molar refractivity (Wildman–Crippen MR) is 133 cm³/mol. The number of nitrogens with one attached hydrogen (secondary N) is 2. The van der Waals surface area contributed by atoms with E-state index < -0.39 is 21.8 Å². The summed E-state index contributed by atoms with van der Waals surface area (Å²) in [4.78, 5) is 26.7. The monoisotopic (exact) mass is 486 g/mol. The molecule has 2 aromatic rings. The van der Waals surface area contributed by atoms with Gasteiger partial charge in [0.1, 0.15) is 0 Å². The van der Waals surface area contributed by atoms with Gasteiger partial charge >= 0.3 is 11.8 Å². The lowest BCUT2D eigenvalue weighted by Crippen LogP contribution is -2.50. The molecular formula is C25H34N4O4S. The summed E-state index contributed by atoms with van der Waals surface area (Å²) in [5, 5.41) is 5.25. The number of carbonyl (C=O) groups excluding carboxylic acids is 2. The third-order valence-corrected chi connectivity index (χ3v) is 7.85. The molecule has 0 aliphatic carbocycles. The number of rotatable bonds is 9. The van der Waals surface area contributed by atoms with Crippen LogP contribution < -0.4 is 10.6 Å². The summed E-state index contributed by atoms with van der Waals surface area (Å²) >= 11 is 0. The van der Waals surface area contributed by atoms with Crippen LogP contribution in [-0.4, -0.2) is 68.7 Å². The van der Waals surface area contributed by atoms with Gasteiger partial charge in [0.05, 0.1) is 4.90 Å². The van der Waals surface area contributed by atoms with Gasteiger partial charge in [0.2, 0.25) is 10.0 Å². The molecule has 2 amide bonds. The summed E-state index contributed by atoms with van der Waals surface area (Å²) < 4.78 is 27.1. The molecular weight excluding hydrogens is 452 g/mol. The number of unbranched alkanes of at least 4 members (excludes halogenated alkanes) is 1. The minimum absolute atomic E-state index is 0.306. The van der Waals surface area contributed by atoms with Crippen molar-refractivity contribution in [2.45, 2.75) is 38.0 Å². The molecule has 8 nitrogen and oxygen atoms in total. The Kier molecular flexibility index (Phi) is 9.20. The second-order valence-electron chi connectivity index (χ2n) is 8.57. The number of sulfonamides is 1. The molecule has 2 N–H and O–H groups in total. The molecule has 0 aromatic heterocycles. The van der Waals surface area contributed by atoms with Crippen LogP contribution in [0.5, 0.6) is 0 Å². The first-order valence-corrected chi connectivity index (χ1v) is 13.2. The van der Waals surface area contributed by atoms with Gasteiger partial charge in [-0.2, -0.15) is 4.31 Å². The normalized spacial score (nSPS) is 15.1. The second-order valence-corrected chi connectivity index (χ2v) is 10.5. The van der Waals surface area contributed by atoms with Crippen molar-refractivity contribution in [2.75, 3.05) is 44.6 Å². The SMILES string of the molecule is CCCCc1ccc(NC(=O)C(=O)NCCN2CCN(S(=O)(=O)c3ccc(C)cc3)CC2)cc1. The maximum atomic E-state index is 12.8. The minimum atomic E-state index is -3.50. The zero-order valence-corrected chi connectivity index (χ0v) is 20.7. The van der Waals surface area contributed by atoms with Crippen molar-refractivity contribution in [3.63, 3.8) is 0 Å². The van der Waals surface area contributed by atoms with Gasteiger partial charge in [0, 0.05) is 45.0 Å². The van der Waals surface area contributed by atoms with Gasteiger partial charge in [0.15, 0.2) is 0 Å². The number of amides is 2. The summed E-state index contributed by atoms with van der Waals surface area (Å²) in [6.45, 7) is 6.83. The van der Waals surface area contributed by atoms with Crippen molar-refractivity contribution < 1.29 is 18.0 Å². The van der Waals surface area contributed by atoms with Crippen LogP contribution in [0.3, 0.4) is 0 Å². The summed E-state index contributed by atoms with van der Waals surface area (Å²) in [6, 6.07) is 14.4. The molecule has 1 fully saturated rings. The van der Waals surface area contributed by atoms with Crippen LogP contribution >= 0.6 is 0 Å². The number of anilines is 1. The highest BCUT2D eigenvalue weighted by molar-refractivity contribution is 7.89. The summed E-state index contributed by atoms with van der Waals surface area (Å²) in [5.74, 6) is -1.38. The minimum Gasteiger partial charge on any atom is -0.347 e. The molecule has 3 rings (SSSR count). The quantitative estimate of drug-likeness (QED) is 0.531. The molecule has 9 heteroatoms. The first-order chi connectivity index (χ1) is 16.3. The van der Waals surface area contributed by atoms with E-state index in [1.807, 2.05) is 19.1 Å². The van der Waals surface area contributed by atoms with E-state index >= 15 is 0 Å². The van der Waals surface area contributed by atoms with E-state index in [0.717, 1.165) is 24.8 Å². The highest BCUT2D eigenvalue weighted by atomic mass is 32.2. The van der Waals surface area contributed by atoms with Crippen molar-refractivity contribution in [3.8, 4) is 0 Å². The number of aryl methyl sites for hydroxylation is 2. The predicted octanol–water partition coefficient (Wildman–Crippen LogP) is 2.40. The Morgan fingerprint density at radius 1 is 0.912 bits per heavy atom. The molecule has 0 saturated carbocycles. The number of carbonyl (C=O) groups is 2. The molecule has 184 valence electrons. The van der Waals surface area contributed by atoms with Crippen LogP contribution in [0.1, 0.15) is 30.9 Å². The zero-order valence-electron chi connectivity index (χ0n) is 19.9. The summed E-state index contributed by atoms with van der Waals surface area (Å²) in [7, 11) is -3.50. The van der Waals surface area contributed by atoms with Crippen molar-refractivity contribution in [1.82, 2.24) is 14.5 Å². The smallest absolute Gasteiger partial charge is 0.313 e. The van der Waals surface area contributed by atoms with E-state index in [4.69, 9.17) is 0 Å². The average molecular weight is 487 g/mol. The number of benzene rings is 2. The van der Waals surface area contributed by atoms with Gasteiger partial charge in [-0.15, -0.1) is 0 Å². The Morgan fingerprint density at radius 3 is 2.18 bits per heavy atom. The topological polar surface area (TPSA) is 98.8 Å². The molecule has 1 aliphatic rings. The lowest BCUT2D eigenvalue weighted by atomic mass is 10.1. The van der Waals surface area contributed by atoms with Gasteiger partial charge in [-0.3, -0.25) is 14.5 Å². The Balaban J connectivity index is 1.38. The Bertz CT molecular complexity index is 1060. The molecule has 0 bridgehead atoms. The molecule has 2 aromatic carbocycles. The lowest BCUT2D eigenvalue weighted by Gasteiger charge is -2.33. The molecule has 0 spiro atoms. The molecule has 0 atom stereocenters. The Hall–Kier alpha value is -2.75. The van der Waals surface area contributed by atoms with Crippen molar-refractivity contribution in [2.24, 2.45) is 0 Å². The van der Waals surface area contributed by atoms with Crippen LogP contribution in [-0.2, 0) is 26.0 Å². The van der Waals surface area contributed by atoms with Crippen LogP contribution in [0, 0.1) is 6.92 Å². The van der Waals surface area contributed by atoms with Crippen LogP contribution in [0.25, 0.3) is 0 Å². The van der Waals surface area contributed by atoms with E-state index in [0.29, 0.717) is 49.9 Å². The highest BCUT2D eigenvalue weighted by Gasteiger charge is 2.28. The number of piperazine rings is 1. The number of nitrogens with zero attached hydrogens (tertiary/aromatic N) is 2. The fourth-order valence-electron chi connectivity index (χ4n) is 3.78. The van der Waals surface area contributed by atoms with Crippen molar-refractivity contribution >= 4 is 27.5 Å². The van der Waals surface area contributed by atoms with Crippen LogP contribution in [0.15, 0.2) is 53.4 Å². The zero-order chi connectivity index (χ0) is 24.6. The molecule has 34 heavy (non-hydrogen) atoms. The van der Waals surface area contributed by atoms with Gasteiger partial charge in [-0.1, -0.05) is 43.2 Å². The number of hydrogen-bond donors (Lipinski definition) is 2. The average Bonchev–Trinajstić information content (AvgIpc) is 2.84. The van der Waals surface area contributed by atoms with Crippen molar-refractivity contribution in [3.05, 3.63) is 59.7 Å². The van der Waals surface area contributed by atoms with E-state index in [9.17, 15) is 18.0 Å². The Morgan fingerprint density at radius 2 is 1.56 bits per heavy atom. The largest absolute Gasteiger partial charge is 0.347 e. The molecule has 1 saturated heterocycles. The first kappa shape index (κ1) is 25.9. The van der Waals surface area contributed by atoms with Gasteiger partial charge in [-0.25, -0.2) is 8.42 Å². The van der Waals surface area contributed by atoms with Gasteiger partial charge < -0.3 is 10.6 Å². The third-order valence-electron chi connectivity index (χ3n) is 5.94. The number of hydrogen-bond acceptors (Lipinski definition) is 5.